The van der Waals surface area contributed by atoms with E-state index in [1.165, 1.54) is 19.3 Å². The third-order valence-electron chi connectivity index (χ3n) is 4.23. The van der Waals surface area contributed by atoms with Gasteiger partial charge in [0.15, 0.2) is 0 Å². The van der Waals surface area contributed by atoms with Crippen LogP contribution in [-0.4, -0.2) is 34.5 Å². The molecule has 2 N–H and O–H groups in total. The Bertz CT molecular complexity index is 339. The van der Waals surface area contributed by atoms with Crippen LogP contribution in [0.5, 0.6) is 0 Å². The van der Waals surface area contributed by atoms with Crippen molar-refractivity contribution in [3.05, 3.63) is 0 Å². The van der Waals surface area contributed by atoms with Crippen LogP contribution in [0.25, 0.3) is 0 Å². The highest BCUT2D eigenvalue weighted by Gasteiger charge is 2.48. The second-order valence-electron chi connectivity index (χ2n) is 5.45. The Labute approximate surface area is 112 Å². The predicted molar refractivity (Wildman–Crippen MR) is 71.6 cm³/mol. The minimum Gasteiger partial charge on any atom is -0.481 e. The van der Waals surface area contributed by atoms with Gasteiger partial charge in [0.25, 0.3) is 0 Å². The molecular formula is C13H21NO3S. The van der Waals surface area contributed by atoms with E-state index in [1.54, 1.807) is 0 Å². The van der Waals surface area contributed by atoms with Crippen molar-refractivity contribution in [3.8, 4) is 0 Å². The molecule has 0 heterocycles. The van der Waals surface area contributed by atoms with Gasteiger partial charge in [-0.05, 0) is 25.5 Å². The lowest BCUT2D eigenvalue weighted by Crippen LogP contribution is -2.42. The highest BCUT2D eigenvalue weighted by atomic mass is 32.2. The van der Waals surface area contributed by atoms with E-state index in [9.17, 15) is 9.59 Å². The summed E-state index contributed by atoms with van der Waals surface area (Å²) in [5.74, 6) is -1.64. The van der Waals surface area contributed by atoms with Crippen LogP contribution in [0.4, 0.5) is 0 Å². The molecule has 2 fully saturated rings. The van der Waals surface area contributed by atoms with Crippen molar-refractivity contribution in [1.82, 2.24) is 5.32 Å². The van der Waals surface area contributed by atoms with Crippen LogP contribution in [0.2, 0.25) is 0 Å². The number of nitrogens with one attached hydrogen (secondary N) is 1. The summed E-state index contributed by atoms with van der Waals surface area (Å²) in [4.78, 5) is 22.6. The standard InChI is InChI=1S/C13H21NO3S/c1-18-13(5-3-2-4-6-13)8-14-11(15)9-7-10(9)12(16)17/h9-10H,2-8H2,1H3,(H,14,15)(H,16,17). The Balaban J connectivity index is 1.80. The maximum Gasteiger partial charge on any atom is 0.307 e. The van der Waals surface area contributed by atoms with Crippen LogP contribution in [0.1, 0.15) is 38.5 Å². The molecular weight excluding hydrogens is 250 g/mol. The Hall–Kier alpha value is -0.710. The maximum atomic E-state index is 11.8. The van der Waals surface area contributed by atoms with Crippen molar-refractivity contribution in [2.45, 2.75) is 43.3 Å². The fraction of sp³-hybridized carbons (Fsp3) is 0.846. The van der Waals surface area contributed by atoms with Gasteiger partial charge in [-0.2, -0.15) is 11.8 Å². The summed E-state index contributed by atoms with van der Waals surface area (Å²) in [6, 6.07) is 0. The molecule has 2 rings (SSSR count). The first-order valence-corrected chi connectivity index (χ1v) is 7.86. The zero-order chi connectivity index (χ0) is 13.2. The second-order valence-corrected chi connectivity index (χ2v) is 6.73. The van der Waals surface area contributed by atoms with Crippen LogP contribution in [-0.2, 0) is 9.59 Å². The molecule has 0 aliphatic heterocycles. The largest absolute Gasteiger partial charge is 0.481 e. The fourth-order valence-corrected chi connectivity index (χ4v) is 3.70. The van der Waals surface area contributed by atoms with Crippen LogP contribution in [0.3, 0.4) is 0 Å². The fourth-order valence-electron chi connectivity index (χ4n) is 2.79. The minimum atomic E-state index is -0.840. The zero-order valence-corrected chi connectivity index (χ0v) is 11.6. The van der Waals surface area contributed by atoms with E-state index in [2.05, 4.69) is 11.6 Å². The highest BCUT2D eigenvalue weighted by Crippen LogP contribution is 2.40. The molecule has 2 atom stereocenters. The number of carboxylic acid groups (broad SMARTS) is 1. The molecule has 2 aliphatic carbocycles. The van der Waals surface area contributed by atoms with Gasteiger partial charge in [0, 0.05) is 11.3 Å². The van der Waals surface area contributed by atoms with Crippen molar-refractivity contribution >= 4 is 23.6 Å². The third kappa shape index (κ3) is 2.99. The Morgan fingerprint density at radius 1 is 1.28 bits per heavy atom. The maximum absolute atomic E-state index is 11.8. The van der Waals surface area contributed by atoms with Crippen molar-refractivity contribution in [2.75, 3.05) is 12.8 Å². The molecule has 102 valence electrons. The topological polar surface area (TPSA) is 66.4 Å². The third-order valence-corrected chi connectivity index (χ3v) is 5.65. The number of rotatable bonds is 5. The monoisotopic (exact) mass is 271 g/mol. The van der Waals surface area contributed by atoms with Gasteiger partial charge in [0.2, 0.25) is 5.91 Å². The van der Waals surface area contributed by atoms with Gasteiger partial charge < -0.3 is 10.4 Å². The Morgan fingerprint density at radius 2 is 1.94 bits per heavy atom. The van der Waals surface area contributed by atoms with E-state index in [0.717, 1.165) is 12.8 Å². The average molecular weight is 271 g/mol. The van der Waals surface area contributed by atoms with Gasteiger partial charge in [0.05, 0.1) is 11.8 Å². The molecule has 2 saturated carbocycles. The lowest BCUT2D eigenvalue weighted by Gasteiger charge is -2.35. The quantitative estimate of drug-likeness (QED) is 0.801. The SMILES string of the molecule is CSC1(CNC(=O)C2CC2C(=O)O)CCCCC1. The van der Waals surface area contributed by atoms with E-state index in [4.69, 9.17) is 5.11 Å². The van der Waals surface area contributed by atoms with Crippen molar-refractivity contribution in [3.63, 3.8) is 0 Å². The molecule has 0 aromatic carbocycles. The van der Waals surface area contributed by atoms with Crippen molar-refractivity contribution < 1.29 is 14.7 Å². The molecule has 0 bridgehead atoms. The van der Waals surface area contributed by atoms with Crippen molar-refractivity contribution in [1.29, 1.82) is 0 Å². The summed E-state index contributed by atoms with van der Waals surface area (Å²) >= 11 is 1.84. The molecule has 0 radical (unpaired) electrons. The summed E-state index contributed by atoms with van der Waals surface area (Å²) in [5.41, 5.74) is 0. The zero-order valence-electron chi connectivity index (χ0n) is 10.8. The Morgan fingerprint density at radius 3 is 2.44 bits per heavy atom. The molecule has 2 unspecified atom stereocenters. The highest BCUT2D eigenvalue weighted by molar-refractivity contribution is 8.00. The second kappa shape index (κ2) is 5.51. The van der Waals surface area contributed by atoms with Gasteiger partial charge in [-0.3, -0.25) is 9.59 Å². The molecule has 1 amide bonds. The number of carbonyl (C=O) groups excluding carboxylic acids is 1. The van der Waals surface area contributed by atoms with Crippen LogP contribution in [0.15, 0.2) is 0 Å². The number of thioether (sulfide) groups is 1. The van der Waals surface area contributed by atoms with Gasteiger partial charge in [-0.15, -0.1) is 0 Å². The van der Waals surface area contributed by atoms with Gasteiger partial charge in [0.1, 0.15) is 0 Å². The Kier molecular flexibility index (Phi) is 4.20. The number of hydrogen-bond donors (Lipinski definition) is 2. The normalized spacial score (nSPS) is 29.6. The first kappa shape index (κ1) is 13.7. The summed E-state index contributed by atoms with van der Waals surface area (Å²) in [6.45, 7) is 0.690. The first-order valence-electron chi connectivity index (χ1n) is 6.64. The lowest BCUT2D eigenvalue weighted by molar-refractivity contribution is -0.140. The smallest absolute Gasteiger partial charge is 0.307 e. The van der Waals surface area contributed by atoms with E-state index >= 15 is 0 Å². The molecule has 0 aromatic rings. The first-order chi connectivity index (χ1) is 8.58. The number of carbonyl (C=O) groups is 2. The molecule has 2 aliphatic rings. The predicted octanol–water partition coefficient (Wildman–Crippen LogP) is 1.89. The molecule has 5 heteroatoms. The molecule has 0 spiro atoms. The van der Waals surface area contributed by atoms with E-state index in [-0.39, 0.29) is 16.6 Å². The summed E-state index contributed by atoms with van der Waals surface area (Å²) in [6.07, 6.45) is 8.68. The summed E-state index contributed by atoms with van der Waals surface area (Å²) in [5, 5.41) is 11.8. The average Bonchev–Trinajstić information content (AvgIpc) is 3.17. The molecule has 0 aromatic heterocycles. The molecule has 0 saturated heterocycles. The van der Waals surface area contributed by atoms with Gasteiger partial charge >= 0.3 is 5.97 Å². The van der Waals surface area contributed by atoms with E-state index < -0.39 is 11.9 Å². The summed E-state index contributed by atoms with van der Waals surface area (Å²) in [7, 11) is 0. The number of hydrogen-bond acceptors (Lipinski definition) is 3. The van der Waals surface area contributed by atoms with Crippen LogP contribution in [0, 0.1) is 11.8 Å². The summed E-state index contributed by atoms with van der Waals surface area (Å²) < 4.78 is 0.182. The number of amides is 1. The number of carboxylic acids is 1. The van der Waals surface area contributed by atoms with Gasteiger partial charge in [-0.25, -0.2) is 0 Å². The van der Waals surface area contributed by atoms with E-state index in [0.29, 0.717) is 13.0 Å². The molecule has 4 nitrogen and oxygen atoms in total. The van der Waals surface area contributed by atoms with Crippen LogP contribution >= 0.6 is 11.8 Å². The van der Waals surface area contributed by atoms with Crippen molar-refractivity contribution in [2.24, 2.45) is 11.8 Å². The number of aliphatic carboxylic acids is 1. The van der Waals surface area contributed by atoms with E-state index in [1.807, 2.05) is 11.8 Å². The van der Waals surface area contributed by atoms with Gasteiger partial charge in [-0.1, -0.05) is 19.3 Å². The molecule has 18 heavy (non-hydrogen) atoms. The minimum absolute atomic E-state index is 0.0681. The lowest BCUT2D eigenvalue weighted by atomic mass is 9.88. The van der Waals surface area contributed by atoms with Crippen LogP contribution < -0.4 is 5.32 Å².